The Kier molecular flexibility index (Phi) is 4.33. The number of nitrogens with zero attached hydrogens (tertiary/aromatic N) is 1. The number of hydrogen-bond donors (Lipinski definition) is 1. The SMILES string of the molecule is CO[C@@]12CC[C@@H](O)C[C@@H]1N(CC1=Cc3cc(Cl)ccc3OC1)CC2. The first-order chi connectivity index (χ1) is 11.6. The van der Waals surface area contributed by atoms with Crippen LogP contribution < -0.4 is 4.74 Å². The number of likely N-dealkylation sites (tertiary alicyclic amines) is 1. The molecule has 0 unspecified atom stereocenters. The molecule has 4 rings (SSSR count). The van der Waals surface area contributed by atoms with Gasteiger partial charge >= 0.3 is 0 Å². The van der Waals surface area contributed by atoms with Gasteiger partial charge < -0.3 is 14.6 Å². The molecule has 1 N–H and O–H groups in total. The van der Waals surface area contributed by atoms with Crippen molar-refractivity contribution in [3.05, 3.63) is 34.4 Å². The second kappa shape index (κ2) is 6.34. The summed E-state index contributed by atoms with van der Waals surface area (Å²) >= 11 is 6.10. The summed E-state index contributed by atoms with van der Waals surface area (Å²) in [5, 5.41) is 10.8. The van der Waals surface area contributed by atoms with Gasteiger partial charge in [0, 0.05) is 36.8 Å². The van der Waals surface area contributed by atoms with Crippen LogP contribution in [0.5, 0.6) is 5.75 Å². The fourth-order valence-electron chi connectivity index (χ4n) is 4.51. The first-order valence-corrected chi connectivity index (χ1v) is 9.06. The molecule has 0 bridgehead atoms. The molecule has 1 saturated heterocycles. The van der Waals surface area contributed by atoms with Crippen molar-refractivity contribution in [3.63, 3.8) is 0 Å². The third kappa shape index (κ3) is 2.86. The van der Waals surface area contributed by atoms with Gasteiger partial charge in [0.05, 0.1) is 11.7 Å². The van der Waals surface area contributed by atoms with E-state index in [0.29, 0.717) is 6.61 Å². The van der Waals surface area contributed by atoms with Crippen LogP contribution in [-0.4, -0.2) is 54.6 Å². The minimum atomic E-state index is -0.213. The molecule has 2 aliphatic heterocycles. The first kappa shape index (κ1) is 16.4. The molecule has 3 aliphatic rings. The standard InChI is InChI=1S/C19H24ClNO3/c1-23-19-5-4-16(22)10-18(19)21(7-6-19)11-13-8-14-9-15(20)2-3-17(14)24-12-13/h2-3,8-9,16,18,22H,4-7,10-12H2,1H3/t16-,18+,19-/m1/s1. The zero-order valence-electron chi connectivity index (χ0n) is 14.0. The molecular formula is C19H24ClNO3. The highest BCUT2D eigenvalue weighted by Gasteiger charge is 2.50. The van der Waals surface area contributed by atoms with Crippen molar-refractivity contribution in [2.24, 2.45) is 0 Å². The summed E-state index contributed by atoms with van der Waals surface area (Å²) < 4.78 is 11.8. The molecule has 1 aromatic carbocycles. The maximum absolute atomic E-state index is 10.1. The summed E-state index contributed by atoms with van der Waals surface area (Å²) in [5.74, 6) is 0.892. The molecule has 0 radical (unpaired) electrons. The topological polar surface area (TPSA) is 41.9 Å². The van der Waals surface area contributed by atoms with E-state index in [1.165, 1.54) is 5.57 Å². The molecule has 1 saturated carbocycles. The number of rotatable bonds is 3. The Morgan fingerprint density at radius 3 is 3.12 bits per heavy atom. The van der Waals surface area contributed by atoms with Crippen LogP contribution in [-0.2, 0) is 4.74 Å². The number of fused-ring (bicyclic) bond motifs is 2. The van der Waals surface area contributed by atoms with E-state index in [2.05, 4.69) is 11.0 Å². The van der Waals surface area contributed by atoms with Crippen molar-refractivity contribution in [1.82, 2.24) is 4.90 Å². The minimum absolute atomic E-state index is 0.0868. The van der Waals surface area contributed by atoms with Crippen LogP contribution in [0.2, 0.25) is 5.02 Å². The summed E-state index contributed by atoms with van der Waals surface area (Å²) in [6.45, 7) is 2.47. The summed E-state index contributed by atoms with van der Waals surface area (Å²) in [5.41, 5.74) is 2.21. The van der Waals surface area contributed by atoms with Gasteiger partial charge in [0.25, 0.3) is 0 Å². The zero-order chi connectivity index (χ0) is 16.7. The molecule has 4 nitrogen and oxygen atoms in total. The Balaban J connectivity index is 1.53. The van der Waals surface area contributed by atoms with Gasteiger partial charge in [-0.3, -0.25) is 4.90 Å². The van der Waals surface area contributed by atoms with Gasteiger partial charge in [0.15, 0.2) is 0 Å². The van der Waals surface area contributed by atoms with Crippen LogP contribution in [0.25, 0.3) is 6.08 Å². The van der Waals surface area contributed by atoms with E-state index >= 15 is 0 Å². The third-order valence-electron chi connectivity index (χ3n) is 5.82. The number of ether oxygens (including phenoxy) is 2. The lowest BCUT2D eigenvalue weighted by Crippen LogP contribution is -2.51. The number of aliphatic hydroxyl groups excluding tert-OH is 1. The van der Waals surface area contributed by atoms with Gasteiger partial charge in [-0.1, -0.05) is 11.6 Å². The third-order valence-corrected chi connectivity index (χ3v) is 6.06. The summed E-state index contributed by atoms with van der Waals surface area (Å²) in [7, 11) is 1.81. The fourth-order valence-corrected chi connectivity index (χ4v) is 4.69. The van der Waals surface area contributed by atoms with Crippen LogP contribution in [0.1, 0.15) is 31.2 Å². The van der Waals surface area contributed by atoms with Crippen molar-refractivity contribution in [3.8, 4) is 5.75 Å². The number of aliphatic hydroxyl groups is 1. The van der Waals surface area contributed by atoms with Gasteiger partial charge in [-0.15, -0.1) is 0 Å². The van der Waals surface area contributed by atoms with E-state index in [0.717, 1.165) is 55.1 Å². The average molecular weight is 350 g/mol. The van der Waals surface area contributed by atoms with Crippen LogP contribution >= 0.6 is 11.6 Å². The monoisotopic (exact) mass is 349 g/mol. The molecule has 2 heterocycles. The highest BCUT2D eigenvalue weighted by Crippen LogP contribution is 2.43. The number of halogens is 1. The van der Waals surface area contributed by atoms with Crippen molar-refractivity contribution >= 4 is 17.7 Å². The highest BCUT2D eigenvalue weighted by molar-refractivity contribution is 6.30. The summed E-state index contributed by atoms with van der Waals surface area (Å²) in [6.07, 6.45) is 5.60. The van der Waals surface area contributed by atoms with E-state index in [1.54, 1.807) is 0 Å². The molecule has 24 heavy (non-hydrogen) atoms. The largest absolute Gasteiger partial charge is 0.489 e. The Bertz CT molecular complexity index is 662. The second-order valence-electron chi connectivity index (χ2n) is 7.21. The normalized spacial score (nSPS) is 32.7. The minimum Gasteiger partial charge on any atom is -0.489 e. The second-order valence-corrected chi connectivity index (χ2v) is 7.64. The molecule has 130 valence electrons. The average Bonchev–Trinajstić information content (AvgIpc) is 2.93. The van der Waals surface area contributed by atoms with Crippen LogP contribution in [0.3, 0.4) is 0 Å². The predicted octanol–water partition coefficient (Wildman–Crippen LogP) is 3.12. The first-order valence-electron chi connectivity index (χ1n) is 8.69. The number of benzene rings is 1. The van der Waals surface area contributed by atoms with Gasteiger partial charge in [0.1, 0.15) is 12.4 Å². The fraction of sp³-hybridized carbons (Fsp3) is 0.579. The van der Waals surface area contributed by atoms with Gasteiger partial charge in [0.2, 0.25) is 0 Å². The van der Waals surface area contributed by atoms with Crippen molar-refractivity contribution in [2.75, 3.05) is 26.8 Å². The lowest BCUT2D eigenvalue weighted by atomic mass is 9.79. The molecule has 2 fully saturated rings. The Morgan fingerprint density at radius 1 is 1.42 bits per heavy atom. The highest BCUT2D eigenvalue weighted by atomic mass is 35.5. The smallest absolute Gasteiger partial charge is 0.127 e. The van der Waals surface area contributed by atoms with E-state index in [1.807, 2.05) is 25.3 Å². The van der Waals surface area contributed by atoms with Gasteiger partial charge in [-0.25, -0.2) is 0 Å². The summed E-state index contributed by atoms with van der Waals surface area (Å²) in [4.78, 5) is 2.45. The van der Waals surface area contributed by atoms with Crippen molar-refractivity contribution < 1.29 is 14.6 Å². The number of methoxy groups -OCH3 is 1. The van der Waals surface area contributed by atoms with Gasteiger partial charge in [-0.05, 0) is 55.5 Å². The Morgan fingerprint density at radius 2 is 2.29 bits per heavy atom. The molecular weight excluding hydrogens is 326 g/mol. The van der Waals surface area contributed by atoms with Crippen LogP contribution in [0.15, 0.2) is 23.8 Å². The van der Waals surface area contributed by atoms with E-state index < -0.39 is 0 Å². The summed E-state index contributed by atoms with van der Waals surface area (Å²) in [6, 6.07) is 6.02. The quantitative estimate of drug-likeness (QED) is 0.910. The lowest BCUT2D eigenvalue weighted by molar-refractivity contribution is -0.0858. The zero-order valence-corrected chi connectivity index (χ0v) is 14.8. The van der Waals surface area contributed by atoms with E-state index in [4.69, 9.17) is 21.1 Å². The molecule has 1 aliphatic carbocycles. The number of hydrogen-bond acceptors (Lipinski definition) is 4. The maximum Gasteiger partial charge on any atom is 0.127 e. The van der Waals surface area contributed by atoms with Crippen LogP contribution in [0.4, 0.5) is 0 Å². The van der Waals surface area contributed by atoms with Crippen LogP contribution in [0, 0.1) is 0 Å². The van der Waals surface area contributed by atoms with E-state index in [-0.39, 0.29) is 17.7 Å². The Hall–Kier alpha value is -1.07. The molecule has 0 amide bonds. The lowest BCUT2D eigenvalue weighted by Gasteiger charge is -2.42. The van der Waals surface area contributed by atoms with Gasteiger partial charge in [-0.2, -0.15) is 0 Å². The molecule has 3 atom stereocenters. The van der Waals surface area contributed by atoms with E-state index in [9.17, 15) is 5.11 Å². The molecule has 5 heteroatoms. The van der Waals surface area contributed by atoms with Crippen molar-refractivity contribution in [2.45, 2.75) is 43.4 Å². The maximum atomic E-state index is 10.1. The molecule has 0 spiro atoms. The molecule has 0 aromatic heterocycles. The van der Waals surface area contributed by atoms with Crippen molar-refractivity contribution in [1.29, 1.82) is 0 Å². The Labute approximate surface area is 148 Å². The predicted molar refractivity (Wildman–Crippen MR) is 94.5 cm³/mol. The molecule has 1 aromatic rings.